The SMILES string of the molecule is CCCN(C(=O)CCl)C(C(=O)NC1CCCCC1)c1ccc(OC(C)C)c(OC)c1. The monoisotopic (exact) mass is 438 g/mol. The molecule has 1 aromatic carbocycles. The Labute approximate surface area is 185 Å². The van der Waals surface area contributed by atoms with E-state index in [1.807, 2.05) is 26.8 Å². The lowest BCUT2D eigenvalue weighted by Crippen LogP contribution is -2.47. The molecule has 1 aliphatic rings. The normalized spacial score (nSPS) is 15.5. The maximum atomic E-state index is 13.4. The first kappa shape index (κ1) is 24.3. The Morgan fingerprint density at radius 1 is 1.20 bits per heavy atom. The predicted octanol–water partition coefficient (Wildman–Crippen LogP) is 4.45. The lowest BCUT2D eigenvalue weighted by Gasteiger charge is -2.33. The van der Waals surface area contributed by atoms with Gasteiger partial charge in [0.1, 0.15) is 11.9 Å². The van der Waals surface area contributed by atoms with Gasteiger partial charge in [0.15, 0.2) is 11.5 Å². The van der Waals surface area contributed by atoms with Crippen molar-refractivity contribution >= 4 is 23.4 Å². The van der Waals surface area contributed by atoms with Crippen LogP contribution in [0.2, 0.25) is 0 Å². The fourth-order valence-electron chi connectivity index (χ4n) is 3.92. The fourth-order valence-corrected chi connectivity index (χ4v) is 4.07. The van der Waals surface area contributed by atoms with E-state index in [2.05, 4.69) is 5.32 Å². The van der Waals surface area contributed by atoms with E-state index < -0.39 is 6.04 Å². The van der Waals surface area contributed by atoms with Gasteiger partial charge in [-0.25, -0.2) is 0 Å². The molecular formula is C23H35ClN2O4. The average Bonchev–Trinajstić information content (AvgIpc) is 2.74. The molecule has 2 amide bonds. The van der Waals surface area contributed by atoms with E-state index in [-0.39, 0.29) is 29.8 Å². The first-order valence-electron chi connectivity index (χ1n) is 10.9. The fraction of sp³-hybridized carbons (Fsp3) is 0.652. The molecule has 30 heavy (non-hydrogen) atoms. The van der Waals surface area contributed by atoms with Crippen LogP contribution in [0.15, 0.2) is 18.2 Å². The lowest BCUT2D eigenvalue weighted by atomic mass is 9.94. The van der Waals surface area contributed by atoms with Crippen molar-refractivity contribution in [1.82, 2.24) is 10.2 Å². The molecule has 1 unspecified atom stereocenters. The molecule has 1 N–H and O–H groups in total. The molecule has 1 aromatic rings. The van der Waals surface area contributed by atoms with Crippen LogP contribution >= 0.6 is 11.6 Å². The number of nitrogens with zero attached hydrogens (tertiary/aromatic N) is 1. The molecule has 0 spiro atoms. The van der Waals surface area contributed by atoms with E-state index in [0.29, 0.717) is 23.6 Å². The summed E-state index contributed by atoms with van der Waals surface area (Å²) >= 11 is 5.88. The van der Waals surface area contributed by atoms with E-state index >= 15 is 0 Å². The average molecular weight is 439 g/mol. The van der Waals surface area contributed by atoms with Crippen molar-refractivity contribution in [3.63, 3.8) is 0 Å². The van der Waals surface area contributed by atoms with Crippen LogP contribution in [0.4, 0.5) is 0 Å². The number of hydrogen-bond acceptors (Lipinski definition) is 4. The van der Waals surface area contributed by atoms with Crippen molar-refractivity contribution in [2.75, 3.05) is 19.5 Å². The van der Waals surface area contributed by atoms with Gasteiger partial charge in [0.2, 0.25) is 11.8 Å². The first-order valence-corrected chi connectivity index (χ1v) is 11.4. The molecular weight excluding hydrogens is 404 g/mol. The van der Waals surface area contributed by atoms with Gasteiger partial charge in [0.05, 0.1) is 13.2 Å². The summed E-state index contributed by atoms with van der Waals surface area (Å²) < 4.78 is 11.3. The second-order valence-electron chi connectivity index (χ2n) is 8.04. The molecule has 0 saturated heterocycles. The van der Waals surface area contributed by atoms with Crippen LogP contribution in [0.3, 0.4) is 0 Å². The zero-order valence-electron chi connectivity index (χ0n) is 18.6. The molecule has 0 bridgehead atoms. The highest BCUT2D eigenvalue weighted by molar-refractivity contribution is 6.27. The number of alkyl halides is 1. The Morgan fingerprint density at radius 2 is 1.90 bits per heavy atom. The summed E-state index contributed by atoms with van der Waals surface area (Å²) in [6, 6.07) is 4.79. The van der Waals surface area contributed by atoms with Gasteiger partial charge in [-0.15, -0.1) is 11.6 Å². The number of ether oxygens (including phenoxy) is 2. The molecule has 0 aromatic heterocycles. The van der Waals surface area contributed by atoms with Crippen molar-refractivity contribution in [1.29, 1.82) is 0 Å². The van der Waals surface area contributed by atoms with Gasteiger partial charge in [0.25, 0.3) is 0 Å². The van der Waals surface area contributed by atoms with Crippen molar-refractivity contribution in [3.05, 3.63) is 23.8 Å². The van der Waals surface area contributed by atoms with E-state index in [1.165, 1.54) is 6.42 Å². The smallest absolute Gasteiger partial charge is 0.247 e. The Bertz CT molecular complexity index is 704. The number of methoxy groups -OCH3 is 1. The van der Waals surface area contributed by atoms with Crippen molar-refractivity contribution in [3.8, 4) is 11.5 Å². The summed E-state index contributed by atoms with van der Waals surface area (Å²) in [6.45, 7) is 6.30. The third kappa shape index (κ3) is 6.53. The molecule has 1 aliphatic carbocycles. The number of carbonyl (C=O) groups excluding carboxylic acids is 2. The van der Waals surface area contributed by atoms with Gasteiger partial charge < -0.3 is 19.7 Å². The summed E-state index contributed by atoms with van der Waals surface area (Å²) in [5, 5.41) is 3.17. The number of amides is 2. The summed E-state index contributed by atoms with van der Waals surface area (Å²) in [5.41, 5.74) is 0.684. The highest BCUT2D eigenvalue weighted by Gasteiger charge is 2.32. The van der Waals surface area contributed by atoms with Crippen LogP contribution in [0, 0.1) is 0 Å². The summed E-state index contributed by atoms with van der Waals surface area (Å²) in [6.07, 6.45) is 6.09. The minimum atomic E-state index is -0.764. The minimum absolute atomic E-state index is 0.00966. The number of nitrogens with one attached hydrogen (secondary N) is 1. The maximum Gasteiger partial charge on any atom is 0.247 e. The largest absolute Gasteiger partial charge is 0.493 e. The third-order valence-corrected chi connectivity index (χ3v) is 5.51. The molecule has 1 saturated carbocycles. The Hall–Kier alpha value is -1.95. The Morgan fingerprint density at radius 3 is 2.47 bits per heavy atom. The number of carbonyl (C=O) groups is 2. The molecule has 2 rings (SSSR count). The molecule has 0 heterocycles. The van der Waals surface area contributed by atoms with Gasteiger partial charge in [-0.2, -0.15) is 0 Å². The molecule has 0 aliphatic heterocycles. The standard InChI is InChI=1S/C23H35ClN2O4/c1-5-13-26(21(27)15-24)22(23(28)25-18-9-7-6-8-10-18)17-11-12-19(30-16(2)3)20(14-17)29-4/h11-12,14,16,18,22H,5-10,13,15H2,1-4H3,(H,25,28). The summed E-state index contributed by atoms with van der Waals surface area (Å²) in [5.74, 6) is 0.538. The van der Waals surface area contributed by atoms with Crippen LogP contribution in [0.5, 0.6) is 11.5 Å². The van der Waals surface area contributed by atoms with Crippen molar-refractivity contribution < 1.29 is 19.1 Å². The maximum absolute atomic E-state index is 13.4. The van der Waals surface area contributed by atoms with Crippen molar-refractivity contribution in [2.45, 2.75) is 77.5 Å². The van der Waals surface area contributed by atoms with Gasteiger partial charge in [-0.3, -0.25) is 9.59 Å². The van der Waals surface area contributed by atoms with E-state index in [1.54, 1.807) is 24.1 Å². The molecule has 1 fully saturated rings. The molecule has 6 nitrogen and oxygen atoms in total. The highest BCUT2D eigenvalue weighted by Crippen LogP contribution is 2.33. The number of hydrogen-bond donors (Lipinski definition) is 1. The van der Waals surface area contributed by atoms with E-state index in [4.69, 9.17) is 21.1 Å². The number of halogens is 1. The van der Waals surface area contributed by atoms with Gasteiger partial charge >= 0.3 is 0 Å². The zero-order chi connectivity index (χ0) is 22.1. The topological polar surface area (TPSA) is 67.9 Å². The Balaban J connectivity index is 2.40. The van der Waals surface area contributed by atoms with Crippen LogP contribution in [0.25, 0.3) is 0 Å². The van der Waals surface area contributed by atoms with Crippen molar-refractivity contribution in [2.24, 2.45) is 0 Å². The van der Waals surface area contributed by atoms with E-state index in [0.717, 1.165) is 32.1 Å². The van der Waals surface area contributed by atoms with Crippen LogP contribution in [0.1, 0.15) is 70.9 Å². The van der Waals surface area contributed by atoms with Gasteiger partial charge in [-0.1, -0.05) is 32.3 Å². The Kier molecular flexibility index (Phi) is 9.76. The minimum Gasteiger partial charge on any atom is -0.493 e. The number of benzene rings is 1. The second kappa shape index (κ2) is 12.0. The third-order valence-electron chi connectivity index (χ3n) is 5.28. The van der Waals surface area contributed by atoms with Crippen LogP contribution in [-0.2, 0) is 9.59 Å². The van der Waals surface area contributed by atoms with Crippen LogP contribution < -0.4 is 14.8 Å². The number of rotatable bonds is 10. The van der Waals surface area contributed by atoms with E-state index in [9.17, 15) is 9.59 Å². The molecule has 168 valence electrons. The molecule has 7 heteroatoms. The predicted molar refractivity (Wildman–Crippen MR) is 119 cm³/mol. The zero-order valence-corrected chi connectivity index (χ0v) is 19.3. The summed E-state index contributed by atoms with van der Waals surface area (Å²) in [7, 11) is 1.57. The first-order chi connectivity index (χ1) is 14.4. The highest BCUT2D eigenvalue weighted by atomic mass is 35.5. The van der Waals surface area contributed by atoms with Gasteiger partial charge in [-0.05, 0) is 50.8 Å². The quantitative estimate of drug-likeness (QED) is 0.548. The lowest BCUT2D eigenvalue weighted by molar-refractivity contribution is -0.139. The summed E-state index contributed by atoms with van der Waals surface area (Å²) in [4.78, 5) is 27.6. The van der Waals surface area contributed by atoms with Gasteiger partial charge in [0, 0.05) is 12.6 Å². The molecule has 0 radical (unpaired) electrons. The van der Waals surface area contributed by atoms with Crippen LogP contribution in [-0.4, -0.2) is 48.4 Å². The second-order valence-corrected chi connectivity index (χ2v) is 8.31. The molecule has 1 atom stereocenters.